The van der Waals surface area contributed by atoms with Crippen molar-refractivity contribution < 1.29 is 0 Å². The van der Waals surface area contributed by atoms with Gasteiger partial charge in [-0.15, -0.1) is 35.0 Å². The first-order valence-electron chi connectivity index (χ1n) is 6.25. The van der Waals surface area contributed by atoms with Gasteiger partial charge in [0.25, 0.3) is 0 Å². The SMILES string of the molecule is Cl[C@H](Cc1ccccc1)S[C@@H](Cl)Cc1ccccc1. The summed E-state index contributed by atoms with van der Waals surface area (Å²) < 4.78 is 0.0159. The molecule has 0 saturated carbocycles. The van der Waals surface area contributed by atoms with Crippen molar-refractivity contribution in [3.05, 3.63) is 71.8 Å². The quantitative estimate of drug-likeness (QED) is 0.649. The number of benzene rings is 2. The van der Waals surface area contributed by atoms with Crippen molar-refractivity contribution in [2.24, 2.45) is 0 Å². The van der Waals surface area contributed by atoms with Crippen molar-refractivity contribution in [1.82, 2.24) is 0 Å². The highest BCUT2D eigenvalue weighted by atomic mass is 35.5. The summed E-state index contributed by atoms with van der Waals surface area (Å²) in [5.41, 5.74) is 2.50. The fourth-order valence-electron chi connectivity index (χ4n) is 1.86. The van der Waals surface area contributed by atoms with Gasteiger partial charge < -0.3 is 0 Å². The molecule has 100 valence electrons. The van der Waals surface area contributed by atoms with Crippen molar-refractivity contribution in [2.45, 2.75) is 22.3 Å². The van der Waals surface area contributed by atoms with Crippen LogP contribution in [0.3, 0.4) is 0 Å². The Bertz CT molecular complexity index is 427. The van der Waals surface area contributed by atoms with Crippen molar-refractivity contribution >= 4 is 35.0 Å². The molecule has 0 spiro atoms. The molecule has 0 aliphatic heterocycles. The van der Waals surface area contributed by atoms with Crippen LogP contribution in [0.2, 0.25) is 0 Å². The van der Waals surface area contributed by atoms with Crippen LogP contribution in [0.15, 0.2) is 60.7 Å². The smallest absolute Gasteiger partial charge is 0.0843 e. The van der Waals surface area contributed by atoms with Crippen LogP contribution in [0.25, 0.3) is 0 Å². The van der Waals surface area contributed by atoms with Crippen LogP contribution in [0.4, 0.5) is 0 Å². The Kier molecular flexibility index (Phi) is 6.09. The van der Waals surface area contributed by atoms with E-state index in [1.165, 1.54) is 11.1 Å². The van der Waals surface area contributed by atoms with Crippen LogP contribution >= 0.6 is 35.0 Å². The Labute approximate surface area is 129 Å². The third kappa shape index (κ3) is 5.48. The predicted octanol–water partition coefficient (Wildman–Crippen LogP) is 5.33. The summed E-state index contributed by atoms with van der Waals surface area (Å²) in [6.45, 7) is 0. The third-order valence-corrected chi connectivity index (χ3v) is 4.62. The maximum atomic E-state index is 6.35. The maximum absolute atomic E-state index is 6.35. The number of rotatable bonds is 6. The minimum absolute atomic E-state index is 0.00797. The van der Waals surface area contributed by atoms with Gasteiger partial charge in [-0.25, -0.2) is 0 Å². The topological polar surface area (TPSA) is 0 Å². The van der Waals surface area contributed by atoms with E-state index in [9.17, 15) is 0 Å². The van der Waals surface area contributed by atoms with Crippen LogP contribution in [0.1, 0.15) is 11.1 Å². The molecule has 0 N–H and O–H groups in total. The summed E-state index contributed by atoms with van der Waals surface area (Å²) in [6.07, 6.45) is 1.68. The standard InChI is InChI=1S/C16H16Cl2S/c17-15(11-13-7-3-1-4-8-13)19-16(18)12-14-9-5-2-6-10-14/h1-10,15-16H,11-12H2/t15-,16+. The fraction of sp³-hybridized carbons (Fsp3) is 0.250. The molecule has 0 radical (unpaired) electrons. The lowest BCUT2D eigenvalue weighted by molar-refractivity contribution is 1.06. The van der Waals surface area contributed by atoms with Crippen LogP contribution in [0, 0.1) is 0 Å². The lowest BCUT2D eigenvalue weighted by Gasteiger charge is -2.14. The van der Waals surface area contributed by atoms with Crippen molar-refractivity contribution in [3.8, 4) is 0 Å². The summed E-state index contributed by atoms with van der Waals surface area (Å²) >= 11 is 14.3. The Morgan fingerprint density at radius 2 is 1.05 bits per heavy atom. The summed E-state index contributed by atoms with van der Waals surface area (Å²) in [4.78, 5) is 0. The lowest BCUT2D eigenvalue weighted by Crippen LogP contribution is -2.06. The van der Waals surface area contributed by atoms with Gasteiger partial charge in [-0.05, 0) is 24.0 Å². The molecule has 0 aromatic heterocycles. The van der Waals surface area contributed by atoms with E-state index < -0.39 is 0 Å². The fourth-order valence-corrected chi connectivity index (χ4v) is 4.01. The molecule has 2 aromatic carbocycles. The normalized spacial score (nSPS) is 14.0. The molecule has 0 aliphatic carbocycles. The Morgan fingerprint density at radius 1 is 0.684 bits per heavy atom. The van der Waals surface area contributed by atoms with E-state index in [0.717, 1.165) is 12.8 Å². The van der Waals surface area contributed by atoms with E-state index in [0.29, 0.717) is 0 Å². The average molecular weight is 311 g/mol. The summed E-state index contributed by atoms with van der Waals surface area (Å²) in [7, 11) is 0. The van der Waals surface area contributed by atoms with Crippen molar-refractivity contribution in [1.29, 1.82) is 0 Å². The first-order valence-corrected chi connectivity index (χ1v) is 8.07. The third-order valence-electron chi connectivity index (χ3n) is 2.77. The predicted molar refractivity (Wildman–Crippen MR) is 87.2 cm³/mol. The van der Waals surface area contributed by atoms with Crippen molar-refractivity contribution in [3.63, 3.8) is 0 Å². The highest BCUT2D eigenvalue weighted by Crippen LogP contribution is 2.29. The van der Waals surface area contributed by atoms with Gasteiger partial charge in [-0.3, -0.25) is 0 Å². The number of alkyl halides is 2. The van der Waals surface area contributed by atoms with E-state index in [-0.39, 0.29) is 9.42 Å². The zero-order valence-electron chi connectivity index (χ0n) is 10.5. The molecular weight excluding hydrogens is 295 g/mol. The van der Waals surface area contributed by atoms with E-state index >= 15 is 0 Å². The van der Waals surface area contributed by atoms with Gasteiger partial charge in [-0.1, -0.05) is 60.7 Å². The zero-order chi connectivity index (χ0) is 13.5. The molecule has 0 amide bonds. The molecule has 0 heterocycles. The molecule has 2 rings (SSSR count). The molecule has 2 atom stereocenters. The van der Waals surface area contributed by atoms with Gasteiger partial charge in [0, 0.05) is 0 Å². The van der Waals surface area contributed by atoms with Crippen LogP contribution in [0.5, 0.6) is 0 Å². The summed E-state index contributed by atoms with van der Waals surface area (Å²) in [5.74, 6) is 0. The second-order valence-corrected chi connectivity index (χ2v) is 7.32. The molecule has 2 aromatic rings. The minimum Gasteiger partial charge on any atom is -0.122 e. The molecule has 19 heavy (non-hydrogen) atoms. The van der Waals surface area contributed by atoms with Crippen molar-refractivity contribution in [2.75, 3.05) is 0 Å². The molecule has 0 bridgehead atoms. The maximum Gasteiger partial charge on any atom is 0.0843 e. The zero-order valence-corrected chi connectivity index (χ0v) is 12.8. The lowest BCUT2D eigenvalue weighted by atomic mass is 10.2. The Balaban J connectivity index is 1.80. The molecular formula is C16H16Cl2S. The van der Waals surface area contributed by atoms with Gasteiger partial charge in [0.05, 0.1) is 9.42 Å². The largest absolute Gasteiger partial charge is 0.122 e. The number of thioether (sulfide) groups is 1. The molecule has 0 aliphatic rings. The Hall–Kier alpha value is -0.630. The van der Waals surface area contributed by atoms with Gasteiger partial charge in [0.1, 0.15) is 0 Å². The minimum atomic E-state index is 0.00797. The monoisotopic (exact) mass is 310 g/mol. The molecule has 0 unspecified atom stereocenters. The summed E-state index contributed by atoms with van der Waals surface area (Å²) in [6, 6.07) is 20.5. The van der Waals surface area contributed by atoms with E-state index in [1.807, 2.05) is 36.4 Å². The van der Waals surface area contributed by atoms with E-state index in [1.54, 1.807) is 11.8 Å². The van der Waals surface area contributed by atoms with Gasteiger partial charge in [0.2, 0.25) is 0 Å². The first-order chi connectivity index (χ1) is 9.24. The Morgan fingerprint density at radius 3 is 1.42 bits per heavy atom. The van der Waals surface area contributed by atoms with Crippen LogP contribution in [-0.2, 0) is 12.8 Å². The summed E-state index contributed by atoms with van der Waals surface area (Å²) in [5, 5.41) is 0. The molecule has 0 fully saturated rings. The second-order valence-electron chi connectivity index (χ2n) is 4.34. The molecule has 0 saturated heterocycles. The number of hydrogen-bond acceptors (Lipinski definition) is 1. The van der Waals surface area contributed by atoms with E-state index in [4.69, 9.17) is 23.2 Å². The van der Waals surface area contributed by atoms with Gasteiger partial charge in [0.15, 0.2) is 0 Å². The first kappa shape index (κ1) is 14.8. The van der Waals surface area contributed by atoms with Gasteiger partial charge in [-0.2, -0.15) is 0 Å². The molecule has 0 nitrogen and oxygen atoms in total. The highest BCUT2D eigenvalue weighted by molar-refractivity contribution is 8.02. The number of hydrogen-bond donors (Lipinski definition) is 0. The van der Waals surface area contributed by atoms with E-state index in [2.05, 4.69) is 24.3 Å². The number of halogens is 2. The second kappa shape index (κ2) is 7.84. The van der Waals surface area contributed by atoms with Crippen LogP contribution < -0.4 is 0 Å². The van der Waals surface area contributed by atoms with Crippen LogP contribution in [-0.4, -0.2) is 9.42 Å². The average Bonchev–Trinajstić information content (AvgIpc) is 2.40. The highest BCUT2D eigenvalue weighted by Gasteiger charge is 2.13. The molecule has 3 heteroatoms. The van der Waals surface area contributed by atoms with Gasteiger partial charge >= 0.3 is 0 Å².